The number of benzene rings is 1. The monoisotopic (exact) mass is 248 g/mol. The largest absolute Gasteiger partial charge is 0.394 e. The molecule has 1 saturated carbocycles. The second kappa shape index (κ2) is 5.72. The van der Waals surface area contributed by atoms with E-state index in [-0.39, 0.29) is 12.1 Å². The van der Waals surface area contributed by atoms with E-state index < -0.39 is 0 Å². The van der Waals surface area contributed by atoms with Crippen LogP contribution in [0.3, 0.4) is 0 Å². The third kappa shape index (κ3) is 3.03. The molecule has 3 heteroatoms. The van der Waals surface area contributed by atoms with Gasteiger partial charge in [0.1, 0.15) is 0 Å². The molecule has 0 aromatic heterocycles. The van der Waals surface area contributed by atoms with Gasteiger partial charge in [0.2, 0.25) is 0 Å². The molecule has 100 valence electrons. The number of nitrogens with one attached hydrogen (secondary N) is 1. The molecule has 2 rings (SSSR count). The normalized spacial score (nSPS) is 17.9. The van der Waals surface area contributed by atoms with Crippen LogP contribution < -0.4 is 10.2 Å². The maximum atomic E-state index is 9.54. The number of aliphatic hydroxyl groups excluding tert-OH is 1. The lowest BCUT2D eigenvalue weighted by molar-refractivity contribution is 0.163. The Morgan fingerprint density at radius 1 is 1.17 bits per heavy atom. The number of rotatable bonds is 5. The molecular weight excluding hydrogens is 224 g/mol. The van der Waals surface area contributed by atoms with Crippen molar-refractivity contribution in [3.8, 4) is 0 Å². The maximum absolute atomic E-state index is 9.54. The molecule has 0 atom stereocenters. The van der Waals surface area contributed by atoms with Gasteiger partial charge in [-0.1, -0.05) is 25.0 Å². The molecule has 0 saturated heterocycles. The molecule has 1 aliphatic carbocycles. The fourth-order valence-corrected chi connectivity index (χ4v) is 2.64. The van der Waals surface area contributed by atoms with Crippen molar-refractivity contribution in [3.63, 3.8) is 0 Å². The van der Waals surface area contributed by atoms with E-state index in [0.717, 1.165) is 19.4 Å². The molecule has 0 radical (unpaired) electrons. The second-order valence-corrected chi connectivity index (χ2v) is 5.56. The first-order valence-corrected chi connectivity index (χ1v) is 6.77. The Morgan fingerprint density at radius 3 is 2.28 bits per heavy atom. The highest BCUT2D eigenvalue weighted by Gasteiger charge is 2.32. The van der Waals surface area contributed by atoms with E-state index in [1.54, 1.807) is 0 Å². The van der Waals surface area contributed by atoms with Crippen LogP contribution in [0.25, 0.3) is 0 Å². The molecule has 0 spiro atoms. The lowest BCUT2D eigenvalue weighted by Crippen LogP contribution is -2.45. The smallest absolute Gasteiger partial charge is 0.0613 e. The van der Waals surface area contributed by atoms with E-state index in [2.05, 4.69) is 34.5 Å². The van der Waals surface area contributed by atoms with E-state index in [1.807, 2.05) is 14.1 Å². The Morgan fingerprint density at radius 2 is 1.78 bits per heavy atom. The molecule has 2 N–H and O–H groups in total. The average molecular weight is 248 g/mol. The summed E-state index contributed by atoms with van der Waals surface area (Å²) in [6.07, 6.45) is 4.65. The molecule has 0 amide bonds. The number of nitrogens with zero attached hydrogens (tertiary/aromatic N) is 1. The summed E-state index contributed by atoms with van der Waals surface area (Å²) in [5.41, 5.74) is 2.47. The molecule has 1 fully saturated rings. The van der Waals surface area contributed by atoms with Gasteiger partial charge in [-0.2, -0.15) is 0 Å². The first-order chi connectivity index (χ1) is 8.65. The van der Waals surface area contributed by atoms with Crippen LogP contribution in [0.2, 0.25) is 0 Å². The summed E-state index contributed by atoms with van der Waals surface area (Å²) >= 11 is 0. The first-order valence-electron chi connectivity index (χ1n) is 6.77. The molecule has 0 heterocycles. The summed E-state index contributed by atoms with van der Waals surface area (Å²) in [4.78, 5) is 2.10. The zero-order valence-corrected chi connectivity index (χ0v) is 11.4. The molecule has 3 nitrogen and oxygen atoms in total. The van der Waals surface area contributed by atoms with E-state index in [9.17, 15) is 5.11 Å². The van der Waals surface area contributed by atoms with Gasteiger partial charge in [0, 0.05) is 31.9 Å². The molecule has 1 aliphatic rings. The Hall–Kier alpha value is -1.06. The van der Waals surface area contributed by atoms with Crippen LogP contribution in [0.4, 0.5) is 5.69 Å². The number of aliphatic hydroxyl groups is 1. The fraction of sp³-hybridized carbons (Fsp3) is 0.600. The van der Waals surface area contributed by atoms with Crippen molar-refractivity contribution >= 4 is 5.69 Å². The van der Waals surface area contributed by atoms with Gasteiger partial charge >= 0.3 is 0 Å². The minimum atomic E-state index is -0.0276. The van der Waals surface area contributed by atoms with Gasteiger partial charge in [-0.05, 0) is 30.5 Å². The Bertz CT molecular complexity index is 367. The number of anilines is 1. The molecule has 0 aliphatic heterocycles. The molecule has 18 heavy (non-hydrogen) atoms. The van der Waals surface area contributed by atoms with Crippen LogP contribution in [0.5, 0.6) is 0 Å². The fourth-order valence-electron chi connectivity index (χ4n) is 2.64. The van der Waals surface area contributed by atoms with E-state index in [4.69, 9.17) is 0 Å². The van der Waals surface area contributed by atoms with Crippen molar-refractivity contribution in [2.45, 2.75) is 37.8 Å². The molecular formula is C15H24N2O. The zero-order chi connectivity index (χ0) is 13.0. The molecule has 1 aromatic rings. The predicted molar refractivity (Wildman–Crippen MR) is 75.9 cm³/mol. The highest BCUT2D eigenvalue weighted by Crippen LogP contribution is 2.29. The topological polar surface area (TPSA) is 35.5 Å². The summed E-state index contributed by atoms with van der Waals surface area (Å²) in [6, 6.07) is 8.58. The number of hydrogen-bond donors (Lipinski definition) is 2. The average Bonchev–Trinajstić information content (AvgIpc) is 2.86. The van der Waals surface area contributed by atoms with E-state index in [0.29, 0.717) is 0 Å². The molecule has 0 unspecified atom stereocenters. The maximum Gasteiger partial charge on any atom is 0.0613 e. The van der Waals surface area contributed by atoms with Crippen LogP contribution in [0.1, 0.15) is 31.2 Å². The van der Waals surface area contributed by atoms with Crippen molar-refractivity contribution in [3.05, 3.63) is 29.8 Å². The third-order valence-corrected chi connectivity index (χ3v) is 3.98. The zero-order valence-electron chi connectivity index (χ0n) is 11.4. The summed E-state index contributed by atoms with van der Waals surface area (Å²) in [6.45, 7) is 1.09. The minimum Gasteiger partial charge on any atom is -0.394 e. The summed E-state index contributed by atoms with van der Waals surface area (Å²) in [5, 5.41) is 13.1. The van der Waals surface area contributed by atoms with Crippen LogP contribution in [0.15, 0.2) is 24.3 Å². The van der Waals surface area contributed by atoms with Crippen LogP contribution >= 0.6 is 0 Å². The summed E-state index contributed by atoms with van der Waals surface area (Å²) in [5.74, 6) is 0. The lowest BCUT2D eigenvalue weighted by atomic mass is 9.98. The van der Waals surface area contributed by atoms with Crippen molar-refractivity contribution in [2.24, 2.45) is 0 Å². The third-order valence-electron chi connectivity index (χ3n) is 3.98. The van der Waals surface area contributed by atoms with Gasteiger partial charge < -0.3 is 15.3 Å². The van der Waals surface area contributed by atoms with Gasteiger partial charge in [0.15, 0.2) is 0 Å². The SMILES string of the molecule is CN(C)c1ccc(CNC2(CO)CCCC2)cc1. The van der Waals surface area contributed by atoms with Crippen molar-refractivity contribution < 1.29 is 5.11 Å². The van der Waals surface area contributed by atoms with E-state index in [1.165, 1.54) is 24.1 Å². The molecule has 0 bridgehead atoms. The second-order valence-electron chi connectivity index (χ2n) is 5.56. The highest BCUT2D eigenvalue weighted by molar-refractivity contribution is 5.45. The lowest BCUT2D eigenvalue weighted by Gasteiger charge is -2.28. The van der Waals surface area contributed by atoms with Crippen molar-refractivity contribution in [1.29, 1.82) is 0 Å². The quantitative estimate of drug-likeness (QED) is 0.838. The Balaban J connectivity index is 1.93. The van der Waals surface area contributed by atoms with Crippen LogP contribution in [-0.2, 0) is 6.54 Å². The van der Waals surface area contributed by atoms with Gasteiger partial charge in [-0.3, -0.25) is 0 Å². The van der Waals surface area contributed by atoms with Gasteiger partial charge in [-0.15, -0.1) is 0 Å². The molecule has 1 aromatic carbocycles. The standard InChI is InChI=1S/C15H24N2O/c1-17(2)14-7-5-13(6-8-14)11-16-15(12-18)9-3-4-10-15/h5-8,16,18H,3-4,9-12H2,1-2H3. The summed E-state index contributed by atoms with van der Waals surface area (Å²) < 4.78 is 0. The van der Waals surface area contributed by atoms with Crippen LogP contribution in [0, 0.1) is 0 Å². The van der Waals surface area contributed by atoms with Gasteiger partial charge in [0.05, 0.1) is 6.61 Å². The Kier molecular flexibility index (Phi) is 4.25. The predicted octanol–water partition coefficient (Wildman–Crippen LogP) is 2.15. The van der Waals surface area contributed by atoms with Crippen LogP contribution in [-0.4, -0.2) is 31.3 Å². The van der Waals surface area contributed by atoms with Crippen molar-refractivity contribution in [1.82, 2.24) is 5.32 Å². The van der Waals surface area contributed by atoms with Gasteiger partial charge in [-0.25, -0.2) is 0 Å². The minimum absolute atomic E-state index is 0.0276. The number of hydrogen-bond acceptors (Lipinski definition) is 3. The first kappa shape index (κ1) is 13.4. The van der Waals surface area contributed by atoms with E-state index >= 15 is 0 Å². The Labute approximate surface area is 110 Å². The van der Waals surface area contributed by atoms with Gasteiger partial charge in [0.25, 0.3) is 0 Å². The summed E-state index contributed by atoms with van der Waals surface area (Å²) in [7, 11) is 4.10. The highest BCUT2D eigenvalue weighted by atomic mass is 16.3. The van der Waals surface area contributed by atoms with Crippen molar-refractivity contribution in [2.75, 3.05) is 25.6 Å².